The van der Waals surface area contributed by atoms with E-state index < -0.39 is 0 Å². The molecule has 0 saturated carbocycles. The Hall–Kier alpha value is -0.770. The Kier molecular flexibility index (Phi) is 5.37. The predicted molar refractivity (Wildman–Crippen MR) is 61.8 cm³/mol. The molecule has 4 heteroatoms. The molecule has 0 spiro atoms. The highest BCUT2D eigenvalue weighted by Crippen LogP contribution is 2.17. The van der Waals surface area contributed by atoms with E-state index in [1.165, 1.54) is 19.3 Å². The van der Waals surface area contributed by atoms with E-state index in [-0.39, 0.29) is 0 Å². The van der Waals surface area contributed by atoms with Gasteiger partial charge in [0.05, 0.1) is 12.4 Å². The van der Waals surface area contributed by atoms with E-state index in [1.807, 2.05) is 13.2 Å². The molecule has 1 aromatic heterocycles. The highest BCUT2D eigenvalue weighted by Gasteiger charge is 1.97. The van der Waals surface area contributed by atoms with Crippen molar-refractivity contribution in [2.45, 2.75) is 31.2 Å². The summed E-state index contributed by atoms with van der Waals surface area (Å²) in [7, 11) is 1.86. The van der Waals surface area contributed by atoms with Gasteiger partial charge in [-0.3, -0.25) is 4.98 Å². The van der Waals surface area contributed by atoms with Crippen LogP contribution in [-0.4, -0.2) is 22.8 Å². The maximum Gasteiger partial charge on any atom is 0.145 e. The van der Waals surface area contributed by atoms with Crippen molar-refractivity contribution < 1.29 is 0 Å². The predicted octanol–water partition coefficient (Wildman–Crippen LogP) is 2.80. The van der Waals surface area contributed by atoms with E-state index >= 15 is 0 Å². The summed E-state index contributed by atoms with van der Waals surface area (Å²) in [5, 5.41) is 3.99. The second-order valence-electron chi connectivity index (χ2n) is 3.05. The lowest BCUT2D eigenvalue weighted by Gasteiger charge is -2.02. The topological polar surface area (TPSA) is 37.8 Å². The first-order valence-corrected chi connectivity index (χ1v) is 5.98. The molecule has 1 N–H and O–H groups in total. The van der Waals surface area contributed by atoms with Gasteiger partial charge in [0.1, 0.15) is 10.8 Å². The van der Waals surface area contributed by atoms with E-state index in [1.54, 1.807) is 18.0 Å². The average Bonchev–Trinajstić information content (AvgIpc) is 2.25. The zero-order chi connectivity index (χ0) is 10.2. The third kappa shape index (κ3) is 3.96. The lowest BCUT2D eigenvalue weighted by Crippen LogP contribution is -1.94. The molecule has 0 aliphatic rings. The first-order valence-electron chi connectivity index (χ1n) is 4.99. The van der Waals surface area contributed by atoms with Crippen LogP contribution >= 0.6 is 11.8 Å². The standard InChI is InChI=1S/C10H17N3S/c1-3-4-5-6-14-10-8-12-7-9(11-2)13-10/h7-8H,3-6H2,1-2H3,(H,11,13). The van der Waals surface area contributed by atoms with Crippen LogP contribution < -0.4 is 5.32 Å². The van der Waals surface area contributed by atoms with Crippen molar-refractivity contribution in [2.24, 2.45) is 0 Å². The molecule has 0 bridgehead atoms. The van der Waals surface area contributed by atoms with Crippen molar-refractivity contribution in [2.75, 3.05) is 18.1 Å². The van der Waals surface area contributed by atoms with Gasteiger partial charge in [-0.2, -0.15) is 0 Å². The monoisotopic (exact) mass is 211 g/mol. The SMILES string of the molecule is CCCCCSc1cncc(NC)n1. The Morgan fingerprint density at radius 1 is 1.36 bits per heavy atom. The highest BCUT2D eigenvalue weighted by molar-refractivity contribution is 7.99. The van der Waals surface area contributed by atoms with Crippen LogP contribution in [0.5, 0.6) is 0 Å². The number of anilines is 1. The quantitative estimate of drug-likeness (QED) is 0.580. The molecule has 0 radical (unpaired) electrons. The van der Waals surface area contributed by atoms with Crippen LogP contribution in [0.4, 0.5) is 5.82 Å². The molecule has 14 heavy (non-hydrogen) atoms. The number of nitrogens with one attached hydrogen (secondary N) is 1. The van der Waals surface area contributed by atoms with Crippen molar-refractivity contribution in [3.63, 3.8) is 0 Å². The minimum atomic E-state index is 0.838. The van der Waals surface area contributed by atoms with Gasteiger partial charge in [-0.25, -0.2) is 4.98 Å². The van der Waals surface area contributed by atoms with E-state index in [4.69, 9.17) is 0 Å². The molecule has 0 aromatic carbocycles. The minimum Gasteiger partial charge on any atom is -0.372 e. The number of nitrogens with zero attached hydrogens (tertiary/aromatic N) is 2. The van der Waals surface area contributed by atoms with E-state index in [0.29, 0.717) is 0 Å². The number of aromatic nitrogens is 2. The first kappa shape index (κ1) is 11.3. The summed E-state index contributed by atoms with van der Waals surface area (Å²) >= 11 is 1.78. The zero-order valence-corrected chi connectivity index (χ0v) is 9.60. The second kappa shape index (κ2) is 6.65. The molecule has 0 aliphatic carbocycles. The molecule has 0 amide bonds. The molecule has 1 rings (SSSR count). The van der Waals surface area contributed by atoms with Crippen LogP contribution in [0.1, 0.15) is 26.2 Å². The number of unbranched alkanes of at least 4 members (excludes halogenated alkanes) is 2. The molecule has 3 nitrogen and oxygen atoms in total. The summed E-state index contributed by atoms with van der Waals surface area (Å²) < 4.78 is 0. The summed E-state index contributed by atoms with van der Waals surface area (Å²) in [5.41, 5.74) is 0. The number of rotatable bonds is 6. The van der Waals surface area contributed by atoms with Crippen molar-refractivity contribution in [1.82, 2.24) is 9.97 Å². The van der Waals surface area contributed by atoms with Gasteiger partial charge < -0.3 is 5.32 Å². The zero-order valence-electron chi connectivity index (χ0n) is 8.79. The molecular weight excluding hydrogens is 194 g/mol. The van der Waals surface area contributed by atoms with E-state index in [0.717, 1.165) is 16.6 Å². The van der Waals surface area contributed by atoms with Crippen LogP contribution in [0.15, 0.2) is 17.4 Å². The molecule has 1 heterocycles. The van der Waals surface area contributed by atoms with Crippen molar-refractivity contribution in [3.8, 4) is 0 Å². The average molecular weight is 211 g/mol. The summed E-state index contributed by atoms with van der Waals surface area (Å²) in [4.78, 5) is 8.49. The summed E-state index contributed by atoms with van der Waals surface area (Å²) in [6, 6.07) is 0. The Balaban J connectivity index is 2.34. The van der Waals surface area contributed by atoms with Gasteiger partial charge in [0.25, 0.3) is 0 Å². The lowest BCUT2D eigenvalue weighted by atomic mass is 10.3. The van der Waals surface area contributed by atoms with Gasteiger partial charge >= 0.3 is 0 Å². The van der Waals surface area contributed by atoms with Gasteiger partial charge in [0, 0.05) is 7.05 Å². The van der Waals surface area contributed by atoms with Gasteiger partial charge in [-0.15, -0.1) is 11.8 Å². The second-order valence-corrected chi connectivity index (χ2v) is 4.16. The fourth-order valence-electron chi connectivity index (χ4n) is 1.07. The maximum absolute atomic E-state index is 4.38. The van der Waals surface area contributed by atoms with Crippen LogP contribution in [0.2, 0.25) is 0 Å². The largest absolute Gasteiger partial charge is 0.372 e. The lowest BCUT2D eigenvalue weighted by molar-refractivity contribution is 0.778. The van der Waals surface area contributed by atoms with Crippen LogP contribution in [0.3, 0.4) is 0 Å². The molecule has 0 atom stereocenters. The number of hydrogen-bond donors (Lipinski definition) is 1. The number of hydrogen-bond acceptors (Lipinski definition) is 4. The fourth-order valence-corrected chi connectivity index (χ4v) is 1.92. The molecule has 78 valence electrons. The van der Waals surface area contributed by atoms with Crippen LogP contribution in [0.25, 0.3) is 0 Å². The summed E-state index contributed by atoms with van der Waals surface area (Å²) in [6.45, 7) is 2.21. The van der Waals surface area contributed by atoms with Crippen molar-refractivity contribution in [1.29, 1.82) is 0 Å². The summed E-state index contributed by atoms with van der Waals surface area (Å²) in [5.74, 6) is 1.97. The van der Waals surface area contributed by atoms with Crippen molar-refractivity contribution >= 4 is 17.6 Å². The normalized spacial score (nSPS) is 10.1. The van der Waals surface area contributed by atoms with Gasteiger partial charge in [0.2, 0.25) is 0 Å². The molecule has 1 aromatic rings. The van der Waals surface area contributed by atoms with Gasteiger partial charge in [-0.1, -0.05) is 19.8 Å². The number of thioether (sulfide) groups is 1. The maximum atomic E-state index is 4.38. The molecule has 0 saturated heterocycles. The fraction of sp³-hybridized carbons (Fsp3) is 0.600. The first-order chi connectivity index (χ1) is 6.86. The molecule has 0 unspecified atom stereocenters. The minimum absolute atomic E-state index is 0.838. The van der Waals surface area contributed by atoms with Gasteiger partial charge in [-0.05, 0) is 12.2 Å². The Bertz CT molecular complexity index is 265. The van der Waals surface area contributed by atoms with Crippen LogP contribution in [-0.2, 0) is 0 Å². The Morgan fingerprint density at radius 3 is 2.93 bits per heavy atom. The van der Waals surface area contributed by atoms with E-state index in [9.17, 15) is 0 Å². The molecule has 0 aliphatic heterocycles. The smallest absolute Gasteiger partial charge is 0.145 e. The van der Waals surface area contributed by atoms with Gasteiger partial charge in [0.15, 0.2) is 0 Å². The Labute approximate surface area is 89.7 Å². The molecule has 0 fully saturated rings. The van der Waals surface area contributed by atoms with Crippen molar-refractivity contribution in [3.05, 3.63) is 12.4 Å². The van der Waals surface area contributed by atoms with E-state index in [2.05, 4.69) is 22.2 Å². The third-order valence-electron chi connectivity index (χ3n) is 1.87. The third-order valence-corrected chi connectivity index (χ3v) is 2.85. The molecular formula is C10H17N3S. The highest BCUT2D eigenvalue weighted by atomic mass is 32.2. The summed E-state index contributed by atoms with van der Waals surface area (Å²) in [6.07, 6.45) is 7.37. The Morgan fingerprint density at radius 2 is 2.21 bits per heavy atom. The van der Waals surface area contributed by atoms with Crippen LogP contribution in [0, 0.1) is 0 Å².